The minimum atomic E-state index is -3.84. The van der Waals surface area contributed by atoms with E-state index in [4.69, 9.17) is 0 Å². The number of carbonyl (C=O) groups excluding carboxylic acids is 1. The molecule has 2 aromatic carbocycles. The molecular weight excluding hydrogens is 500 g/mol. The SMILES string of the molecule is CCCC(CC(=O)NS(=O)(=O)C(C)(C)C)n1c(=O)n(CC2CN(C)c3cccc(C)c32)c2ccc(C)cc21. The summed E-state index contributed by atoms with van der Waals surface area (Å²) < 4.78 is 29.9. The molecule has 2 atom stereocenters. The molecule has 0 radical (unpaired) electrons. The smallest absolute Gasteiger partial charge is 0.329 e. The van der Waals surface area contributed by atoms with Crippen LogP contribution >= 0.6 is 0 Å². The van der Waals surface area contributed by atoms with Gasteiger partial charge in [-0.05, 0) is 75.9 Å². The van der Waals surface area contributed by atoms with Crippen molar-refractivity contribution in [3.8, 4) is 0 Å². The standard InChI is InChI=1S/C29H40N4O4S/c1-8-10-22(16-26(34)30-38(36,37)29(4,5)6)33-25-15-19(2)13-14-23(25)32(28(33)35)18-21-17-31(7)24-12-9-11-20(3)27(21)24/h9,11-15,21-22H,8,10,16-18H2,1-7H3,(H,30,34). The van der Waals surface area contributed by atoms with Gasteiger partial charge in [0.25, 0.3) is 0 Å². The number of nitrogens with zero attached hydrogens (tertiary/aromatic N) is 3. The predicted molar refractivity (Wildman–Crippen MR) is 154 cm³/mol. The Balaban J connectivity index is 1.76. The van der Waals surface area contributed by atoms with Gasteiger partial charge in [-0.25, -0.2) is 13.2 Å². The Bertz CT molecular complexity index is 1530. The molecule has 38 heavy (non-hydrogen) atoms. The van der Waals surface area contributed by atoms with Crippen LogP contribution in [0.2, 0.25) is 0 Å². The van der Waals surface area contributed by atoms with E-state index in [1.807, 2.05) is 36.6 Å². The van der Waals surface area contributed by atoms with Crippen molar-refractivity contribution in [2.75, 3.05) is 18.5 Å². The Labute approximate surface area is 225 Å². The molecule has 0 fully saturated rings. The molecule has 0 saturated carbocycles. The van der Waals surface area contributed by atoms with Crippen molar-refractivity contribution in [1.29, 1.82) is 0 Å². The number of carbonyl (C=O) groups is 1. The minimum absolute atomic E-state index is 0.0930. The van der Waals surface area contributed by atoms with Crippen LogP contribution in [-0.4, -0.2) is 41.8 Å². The number of hydrogen-bond donors (Lipinski definition) is 1. The van der Waals surface area contributed by atoms with E-state index in [1.165, 1.54) is 16.8 Å². The highest BCUT2D eigenvalue weighted by molar-refractivity contribution is 7.91. The van der Waals surface area contributed by atoms with Crippen LogP contribution in [0.3, 0.4) is 0 Å². The first-order valence-corrected chi connectivity index (χ1v) is 14.8. The van der Waals surface area contributed by atoms with Crippen LogP contribution in [0.25, 0.3) is 11.0 Å². The molecule has 0 aliphatic carbocycles. The summed E-state index contributed by atoms with van der Waals surface area (Å²) in [6, 6.07) is 11.8. The van der Waals surface area contributed by atoms with E-state index < -0.39 is 26.7 Å². The molecule has 0 bridgehead atoms. The molecule has 0 saturated heterocycles. The summed E-state index contributed by atoms with van der Waals surface area (Å²) >= 11 is 0. The highest BCUT2D eigenvalue weighted by atomic mass is 32.2. The average molecular weight is 541 g/mol. The molecular formula is C29H40N4O4S. The third-order valence-corrected chi connectivity index (χ3v) is 9.71. The second-order valence-electron chi connectivity index (χ2n) is 11.6. The van der Waals surface area contributed by atoms with Crippen molar-refractivity contribution >= 4 is 32.7 Å². The number of likely N-dealkylation sites (N-methyl/N-ethyl adjacent to an activating group) is 1. The van der Waals surface area contributed by atoms with Crippen molar-refractivity contribution in [2.24, 2.45) is 0 Å². The third-order valence-electron chi connectivity index (χ3n) is 7.60. The van der Waals surface area contributed by atoms with E-state index in [0.29, 0.717) is 13.0 Å². The van der Waals surface area contributed by atoms with Crippen LogP contribution < -0.4 is 15.3 Å². The van der Waals surface area contributed by atoms with Gasteiger partial charge >= 0.3 is 5.69 Å². The second-order valence-corrected chi connectivity index (χ2v) is 14.1. The maximum atomic E-state index is 14.1. The average Bonchev–Trinajstić information content (AvgIpc) is 3.26. The Hall–Kier alpha value is -3.07. The highest BCUT2D eigenvalue weighted by Crippen LogP contribution is 2.38. The summed E-state index contributed by atoms with van der Waals surface area (Å²) in [6.45, 7) is 12.1. The molecule has 8 nitrogen and oxygen atoms in total. The Morgan fingerprint density at radius 2 is 1.84 bits per heavy atom. The Morgan fingerprint density at radius 1 is 1.13 bits per heavy atom. The lowest BCUT2D eigenvalue weighted by atomic mass is 9.96. The summed E-state index contributed by atoms with van der Waals surface area (Å²) in [5.74, 6) is -0.445. The van der Waals surface area contributed by atoms with Gasteiger partial charge in [0.05, 0.1) is 15.8 Å². The van der Waals surface area contributed by atoms with E-state index in [9.17, 15) is 18.0 Å². The van der Waals surface area contributed by atoms with E-state index in [-0.39, 0.29) is 18.0 Å². The summed E-state index contributed by atoms with van der Waals surface area (Å²) in [4.78, 5) is 29.3. The first-order chi connectivity index (χ1) is 17.7. The van der Waals surface area contributed by atoms with Crippen molar-refractivity contribution in [3.05, 3.63) is 63.6 Å². The number of aryl methyl sites for hydroxylation is 2. The van der Waals surface area contributed by atoms with Crippen molar-refractivity contribution in [3.63, 3.8) is 0 Å². The lowest BCUT2D eigenvalue weighted by molar-refractivity contribution is -0.120. The molecule has 1 aliphatic rings. The highest BCUT2D eigenvalue weighted by Gasteiger charge is 2.33. The zero-order chi connectivity index (χ0) is 28.0. The first kappa shape index (κ1) is 28.0. The molecule has 1 N–H and O–H groups in total. The fourth-order valence-electron chi connectivity index (χ4n) is 5.55. The fraction of sp³-hybridized carbons (Fsp3) is 0.517. The number of imidazole rings is 1. The molecule has 1 aromatic heterocycles. The number of aromatic nitrogens is 2. The summed E-state index contributed by atoms with van der Waals surface area (Å²) in [5, 5.41) is 0. The quantitative estimate of drug-likeness (QED) is 0.450. The molecule has 2 unspecified atom stereocenters. The fourth-order valence-corrected chi connectivity index (χ4v) is 6.24. The van der Waals surface area contributed by atoms with Crippen molar-refractivity contribution in [1.82, 2.24) is 13.9 Å². The molecule has 206 valence electrons. The number of hydrogen-bond acceptors (Lipinski definition) is 5. The van der Waals surface area contributed by atoms with Gasteiger partial charge in [0.1, 0.15) is 0 Å². The lowest BCUT2D eigenvalue weighted by Crippen LogP contribution is -2.43. The Morgan fingerprint density at radius 3 is 2.50 bits per heavy atom. The van der Waals surface area contributed by atoms with Crippen LogP contribution in [-0.2, 0) is 21.4 Å². The normalized spacial score (nSPS) is 16.6. The lowest BCUT2D eigenvalue weighted by Gasteiger charge is -2.22. The van der Waals surface area contributed by atoms with Crippen LogP contribution in [0.15, 0.2) is 41.2 Å². The Kier molecular flexibility index (Phi) is 7.54. The minimum Gasteiger partial charge on any atom is -0.374 e. The van der Waals surface area contributed by atoms with E-state index in [0.717, 1.165) is 29.6 Å². The molecule has 3 aromatic rings. The summed E-state index contributed by atoms with van der Waals surface area (Å²) in [7, 11) is -1.77. The number of rotatable bonds is 8. The van der Waals surface area contributed by atoms with Gasteiger partial charge in [0.2, 0.25) is 15.9 Å². The van der Waals surface area contributed by atoms with Crippen LogP contribution in [0, 0.1) is 13.8 Å². The molecule has 4 rings (SSSR count). The second kappa shape index (κ2) is 10.2. The predicted octanol–water partition coefficient (Wildman–Crippen LogP) is 4.63. The molecule has 2 heterocycles. The largest absolute Gasteiger partial charge is 0.374 e. The number of amides is 1. The zero-order valence-corrected chi connectivity index (χ0v) is 24.4. The van der Waals surface area contributed by atoms with Crippen LogP contribution in [0.5, 0.6) is 0 Å². The van der Waals surface area contributed by atoms with Gasteiger partial charge in [0.15, 0.2) is 0 Å². The van der Waals surface area contributed by atoms with Gasteiger partial charge in [-0.1, -0.05) is 31.5 Å². The zero-order valence-electron chi connectivity index (χ0n) is 23.5. The molecule has 0 spiro atoms. The first-order valence-electron chi connectivity index (χ1n) is 13.3. The van der Waals surface area contributed by atoms with Gasteiger partial charge in [-0.3, -0.25) is 18.7 Å². The topological polar surface area (TPSA) is 93.4 Å². The van der Waals surface area contributed by atoms with E-state index in [1.54, 1.807) is 25.3 Å². The number of nitrogens with one attached hydrogen (secondary N) is 1. The molecule has 1 aliphatic heterocycles. The molecule has 9 heteroatoms. The van der Waals surface area contributed by atoms with Gasteiger partial charge < -0.3 is 4.90 Å². The monoisotopic (exact) mass is 540 g/mol. The van der Waals surface area contributed by atoms with E-state index in [2.05, 4.69) is 41.8 Å². The number of sulfonamides is 1. The van der Waals surface area contributed by atoms with E-state index >= 15 is 0 Å². The number of benzene rings is 2. The van der Waals surface area contributed by atoms with Gasteiger partial charge in [0, 0.05) is 44.2 Å². The van der Waals surface area contributed by atoms with Crippen LogP contribution in [0.1, 0.15) is 75.6 Å². The maximum absolute atomic E-state index is 14.1. The number of anilines is 1. The number of fused-ring (bicyclic) bond motifs is 2. The third kappa shape index (κ3) is 5.13. The summed E-state index contributed by atoms with van der Waals surface area (Å²) in [5.41, 5.74) is 6.13. The molecule has 1 amide bonds. The summed E-state index contributed by atoms with van der Waals surface area (Å²) in [6.07, 6.45) is 1.23. The van der Waals surface area contributed by atoms with Crippen molar-refractivity contribution in [2.45, 2.75) is 84.1 Å². The van der Waals surface area contributed by atoms with Gasteiger partial charge in [-0.2, -0.15) is 0 Å². The van der Waals surface area contributed by atoms with Gasteiger partial charge in [-0.15, -0.1) is 0 Å². The van der Waals surface area contributed by atoms with Crippen molar-refractivity contribution < 1.29 is 13.2 Å². The maximum Gasteiger partial charge on any atom is 0.329 e. The van der Waals surface area contributed by atoms with Crippen LogP contribution in [0.4, 0.5) is 5.69 Å².